The highest BCUT2D eigenvalue weighted by atomic mass is 79.9. The first-order chi connectivity index (χ1) is 9.99. The Bertz CT molecular complexity index is 656. The fourth-order valence-corrected chi connectivity index (χ4v) is 2.59. The van der Waals surface area contributed by atoms with Crippen molar-refractivity contribution in [1.29, 1.82) is 0 Å². The van der Waals surface area contributed by atoms with E-state index in [2.05, 4.69) is 15.9 Å². The van der Waals surface area contributed by atoms with Crippen LogP contribution in [-0.4, -0.2) is 13.1 Å². The van der Waals surface area contributed by atoms with Crippen molar-refractivity contribution in [2.75, 3.05) is 12.8 Å². The number of hydrogen-bond acceptors (Lipinski definition) is 4. The normalized spacial score (nSPS) is 10.2. The highest BCUT2D eigenvalue weighted by Crippen LogP contribution is 2.26. The van der Waals surface area contributed by atoms with Gasteiger partial charge in [0.05, 0.1) is 17.1 Å². The SMILES string of the molecule is COc1ccc(COC(=O)c2cc(N)cc(Cl)c2)cc1Br. The van der Waals surface area contributed by atoms with Crippen molar-refractivity contribution < 1.29 is 14.3 Å². The Morgan fingerprint density at radius 2 is 2.05 bits per heavy atom. The van der Waals surface area contributed by atoms with E-state index in [4.69, 9.17) is 26.8 Å². The third-order valence-electron chi connectivity index (χ3n) is 2.74. The maximum Gasteiger partial charge on any atom is 0.338 e. The second-order valence-corrected chi connectivity index (χ2v) is 5.61. The zero-order valence-electron chi connectivity index (χ0n) is 11.2. The molecule has 0 radical (unpaired) electrons. The number of carbonyl (C=O) groups excluding carboxylic acids is 1. The van der Waals surface area contributed by atoms with E-state index in [-0.39, 0.29) is 6.61 Å². The van der Waals surface area contributed by atoms with Crippen molar-refractivity contribution in [3.63, 3.8) is 0 Å². The summed E-state index contributed by atoms with van der Waals surface area (Å²) in [4.78, 5) is 12.0. The molecule has 0 amide bonds. The predicted molar refractivity (Wildman–Crippen MR) is 85.7 cm³/mol. The van der Waals surface area contributed by atoms with E-state index in [9.17, 15) is 4.79 Å². The van der Waals surface area contributed by atoms with Gasteiger partial charge in [0.1, 0.15) is 12.4 Å². The van der Waals surface area contributed by atoms with Crippen molar-refractivity contribution in [3.8, 4) is 5.75 Å². The average Bonchev–Trinajstić information content (AvgIpc) is 2.43. The molecule has 0 unspecified atom stereocenters. The summed E-state index contributed by atoms with van der Waals surface area (Å²) >= 11 is 9.24. The third-order valence-corrected chi connectivity index (χ3v) is 3.58. The van der Waals surface area contributed by atoms with Gasteiger partial charge in [-0.05, 0) is 51.8 Å². The summed E-state index contributed by atoms with van der Waals surface area (Å²) in [6.07, 6.45) is 0. The Hall–Kier alpha value is -1.72. The zero-order valence-corrected chi connectivity index (χ0v) is 13.6. The molecule has 0 aromatic heterocycles. The smallest absolute Gasteiger partial charge is 0.338 e. The van der Waals surface area contributed by atoms with Gasteiger partial charge in [0.15, 0.2) is 0 Å². The summed E-state index contributed by atoms with van der Waals surface area (Å²) in [7, 11) is 1.59. The topological polar surface area (TPSA) is 61.5 Å². The minimum atomic E-state index is -0.476. The number of anilines is 1. The molecule has 0 heterocycles. The Kier molecular flexibility index (Phi) is 5.09. The van der Waals surface area contributed by atoms with Crippen LogP contribution in [0.4, 0.5) is 5.69 Å². The number of hydrogen-bond donors (Lipinski definition) is 1. The van der Waals surface area contributed by atoms with Gasteiger partial charge < -0.3 is 15.2 Å². The molecule has 0 aliphatic carbocycles. The van der Waals surface area contributed by atoms with Crippen LogP contribution in [0.25, 0.3) is 0 Å². The fraction of sp³-hybridized carbons (Fsp3) is 0.133. The molecule has 2 aromatic rings. The number of nitrogen functional groups attached to an aromatic ring is 1. The fourth-order valence-electron chi connectivity index (χ4n) is 1.76. The molecule has 110 valence electrons. The van der Waals surface area contributed by atoms with Crippen LogP contribution in [0.2, 0.25) is 5.02 Å². The summed E-state index contributed by atoms with van der Waals surface area (Å²) in [5, 5.41) is 0.397. The highest BCUT2D eigenvalue weighted by molar-refractivity contribution is 9.10. The van der Waals surface area contributed by atoms with E-state index < -0.39 is 5.97 Å². The Morgan fingerprint density at radius 3 is 2.67 bits per heavy atom. The third kappa shape index (κ3) is 4.12. The lowest BCUT2D eigenvalue weighted by Gasteiger charge is -2.08. The molecule has 2 rings (SSSR count). The maximum atomic E-state index is 12.0. The van der Waals surface area contributed by atoms with Gasteiger partial charge in [0.2, 0.25) is 0 Å². The predicted octanol–water partition coefficient (Wildman–Crippen LogP) is 4.05. The molecule has 2 N–H and O–H groups in total. The molecule has 0 aliphatic rings. The minimum absolute atomic E-state index is 0.147. The number of esters is 1. The van der Waals surface area contributed by atoms with Crippen molar-refractivity contribution in [1.82, 2.24) is 0 Å². The van der Waals surface area contributed by atoms with E-state index >= 15 is 0 Å². The number of benzene rings is 2. The number of halogens is 2. The summed E-state index contributed by atoms with van der Waals surface area (Å²) in [5.41, 5.74) is 7.23. The van der Waals surface area contributed by atoms with Crippen LogP contribution in [0.1, 0.15) is 15.9 Å². The van der Waals surface area contributed by atoms with Crippen LogP contribution < -0.4 is 10.5 Å². The van der Waals surface area contributed by atoms with Crippen molar-refractivity contribution >= 4 is 39.2 Å². The van der Waals surface area contributed by atoms with E-state index in [0.29, 0.717) is 22.0 Å². The molecule has 4 nitrogen and oxygen atoms in total. The molecule has 0 atom stereocenters. The molecule has 6 heteroatoms. The number of carbonyl (C=O) groups is 1. The number of ether oxygens (including phenoxy) is 2. The van der Waals surface area contributed by atoms with Crippen LogP contribution in [0, 0.1) is 0 Å². The van der Waals surface area contributed by atoms with Gasteiger partial charge in [-0.15, -0.1) is 0 Å². The van der Waals surface area contributed by atoms with Crippen LogP contribution in [0.5, 0.6) is 5.75 Å². The van der Waals surface area contributed by atoms with Gasteiger partial charge in [0, 0.05) is 10.7 Å². The quantitative estimate of drug-likeness (QED) is 0.651. The molecular formula is C15H13BrClNO3. The molecule has 0 aliphatic heterocycles. The van der Waals surface area contributed by atoms with Gasteiger partial charge in [-0.2, -0.15) is 0 Å². The Morgan fingerprint density at radius 1 is 1.29 bits per heavy atom. The van der Waals surface area contributed by atoms with Crippen LogP contribution >= 0.6 is 27.5 Å². The molecule has 2 aromatic carbocycles. The minimum Gasteiger partial charge on any atom is -0.496 e. The molecule has 0 saturated heterocycles. The summed E-state index contributed by atoms with van der Waals surface area (Å²) in [6.45, 7) is 0.147. The van der Waals surface area contributed by atoms with Crippen LogP contribution in [0.15, 0.2) is 40.9 Å². The summed E-state index contributed by atoms with van der Waals surface area (Å²) in [5.74, 6) is 0.240. The molecule has 0 fully saturated rings. The monoisotopic (exact) mass is 369 g/mol. The zero-order chi connectivity index (χ0) is 15.4. The number of methoxy groups -OCH3 is 1. The summed E-state index contributed by atoms with van der Waals surface area (Å²) in [6, 6.07) is 10.1. The van der Waals surface area contributed by atoms with Crippen molar-refractivity contribution in [2.24, 2.45) is 0 Å². The molecule has 21 heavy (non-hydrogen) atoms. The van der Waals surface area contributed by atoms with E-state index in [1.807, 2.05) is 12.1 Å². The van der Waals surface area contributed by atoms with Crippen LogP contribution in [0.3, 0.4) is 0 Å². The van der Waals surface area contributed by atoms with Gasteiger partial charge >= 0.3 is 5.97 Å². The highest BCUT2D eigenvalue weighted by Gasteiger charge is 2.10. The first-order valence-corrected chi connectivity index (χ1v) is 7.22. The first-order valence-electron chi connectivity index (χ1n) is 6.05. The first kappa shape index (κ1) is 15.7. The van der Waals surface area contributed by atoms with Gasteiger partial charge in [0.25, 0.3) is 0 Å². The standard InChI is InChI=1S/C15H13BrClNO3/c1-20-14-3-2-9(4-13(14)16)8-21-15(19)10-5-11(17)7-12(18)6-10/h2-7H,8,18H2,1H3. The molecule has 0 saturated carbocycles. The van der Waals surface area contributed by atoms with Crippen molar-refractivity contribution in [3.05, 3.63) is 57.0 Å². The lowest BCUT2D eigenvalue weighted by molar-refractivity contribution is 0.0472. The van der Waals surface area contributed by atoms with Gasteiger partial charge in [-0.3, -0.25) is 0 Å². The van der Waals surface area contributed by atoms with E-state index in [1.165, 1.54) is 12.1 Å². The lowest BCUT2D eigenvalue weighted by Crippen LogP contribution is -2.06. The number of rotatable bonds is 4. The Balaban J connectivity index is 2.05. The maximum absolute atomic E-state index is 12.0. The molecular weight excluding hydrogens is 358 g/mol. The van der Waals surface area contributed by atoms with Crippen molar-refractivity contribution in [2.45, 2.75) is 6.61 Å². The van der Waals surface area contributed by atoms with Gasteiger partial charge in [-0.1, -0.05) is 17.7 Å². The van der Waals surface area contributed by atoms with E-state index in [1.54, 1.807) is 19.2 Å². The second-order valence-electron chi connectivity index (χ2n) is 4.32. The van der Waals surface area contributed by atoms with E-state index in [0.717, 1.165) is 10.0 Å². The van der Waals surface area contributed by atoms with Gasteiger partial charge in [-0.25, -0.2) is 4.79 Å². The Labute approximate surface area is 135 Å². The number of nitrogens with two attached hydrogens (primary N) is 1. The second kappa shape index (κ2) is 6.83. The van der Waals surface area contributed by atoms with Crippen LogP contribution in [-0.2, 0) is 11.3 Å². The lowest BCUT2D eigenvalue weighted by atomic mass is 10.2. The summed E-state index contributed by atoms with van der Waals surface area (Å²) < 4.78 is 11.2. The average molecular weight is 371 g/mol. The molecule has 0 bridgehead atoms. The largest absolute Gasteiger partial charge is 0.496 e. The molecule has 0 spiro atoms.